The van der Waals surface area contributed by atoms with Crippen LogP contribution >= 0.6 is 11.6 Å². The van der Waals surface area contributed by atoms with Gasteiger partial charge in [-0.05, 0) is 24.1 Å². The molecule has 1 heterocycles. The summed E-state index contributed by atoms with van der Waals surface area (Å²) < 4.78 is 31.2. The van der Waals surface area contributed by atoms with Crippen LogP contribution in [0.25, 0.3) is 0 Å². The number of methoxy groups -OCH3 is 1. The Labute approximate surface area is 128 Å². The van der Waals surface area contributed by atoms with Crippen molar-refractivity contribution >= 4 is 27.6 Å². The van der Waals surface area contributed by atoms with Gasteiger partial charge in [0.15, 0.2) is 0 Å². The SMILES string of the molecule is COc1ccc(S(=O)(=O)N2CC(C)C(C(=O)O)C2)cc1Cl. The van der Waals surface area contributed by atoms with E-state index in [4.69, 9.17) is 21.4 Å². The summed E-state index contributed by atoms with van der Waals surface area (Å²) in [5.41, 5.74) is 0. The van der Waals surface area contributed by atoms with Gasteiger partial charge in [-0.15, -0.1) is 0 Å². The Bertz CT molecular complexity index is 661. The Morgan fingerprint density at radius 2 is 2.10 bits per heavy atom. The third-order valence-electron chi connectivity index (χ3n) is 3.66. The fraction of sp³-hybridized carbons (Fsp3) is 0.462. The zero-order valence-electron chi connectivity index (χ0n) is 11.6. The summed E-state index contributed by atoms with van der Waals surface area (Å²) in [4.78, 5) is 11.1. The Balaban J connectivity index is 2.31. The summed E-state index contributed by atoms with van der Waals surface area (Å²) in [7, 11) is -2.32. The lowest BCUT2D eigenvalue weighted by molar-refractivity contribution is -0.142. The highest BCUT2D eigenvalue weighted by Gasteiger charge is 2.40. The van der Waals surface area contributed by atoms with Crippen LogP contribution in [0.4, 0.5) is 0 Å². The number of benzene rings is 1. The van der Waals surface area contributed by atoms with Crippen molar-refractivity contribution in [3.8, 4) is 5.75 Å². The van der Waals surface area contributed by atoms with Gasteiger partial charge in [-0.2, -0.15) is 4.31 Å². The first kappa shape index (κ1) is 16.1. The fourth-order valence-corrected chi connectivity index (χ4v) is 4.31. The molecule has 2 unspecified atom stereocenters. The van der Waals surface area contributed by atoms with Gasteiger partial charge < -0.3 is 9.84 Å². The molecule has 21 heavy (non-hydrogen) atoms. The molecule has 1 aliphatic rings. The highest BCUT2D eigenvalue weighted by Crippen LogP contribution is 2.32. The molecule has 1 aromatic rings. The number of hydrogen-bond acceptors (Lipinski definition) is 4. The molecule has 1 saturated heterocycles. The van der Waals surface area contributed by atoms with Gasteiger partial charge in [0.2, 0.25) is 10.0 Å². The molecule has 8 heteroatoms. The predicted octanol–water partition coefficient (Wildman–Crippen LogP) is 1.69. The number of nitrogens with zero attached hydrogens (tertiary/aromatic N) is 1. The van der Waals surface area contributed by atoms with Gasteiger partial charge in [-0.3, -0.25) is 4.79 Å². The first-order valence-corrected chi connectivity index (χ1v) is 8.15. The van der Waals surface area contributed by atoms with E-state index in [2.05, 4.69) is 0 Å². The molecule has 1 fully saturated rings. The van der Waals surface area contributed by atoms with Crippen molar-refractivity contribution in [1.29, 1.82) is 0 Å². The molecule has 0 aliphatic carbocycles. The number of carboxylic acids is 1. The molecule has 1 N–H and O–H groups in total. The zero-order chi connectivity index (χ0) is 15.8. The lowest BCUT2D eigenvalue weighted by atomic mass is 9.99. The van der Waals surface area contributed by atoms with Crippen molar-refractivity contribution in [1.82, 2.24) is 4.31 Å². The number of carboxylic acid groups (broad SMARTS) is 1. The van der Waals surface area contributed by atoms with Crippen molar-refractivity contribution in [3.63, 3.8) is 0 Å². The van der Waals surface area contributed by atoms with E-state index in [0.29, 0.717) is 5.75 Å². The average Bonchev–Trinajstić information content (AvgIpc) is 2.81. The molecule has 1 aliphatic heterocycles. The third-order valence-corrected chi connectivity index (χ3v) is 5.78. The largest absolute Gasteiger partial charge is 0.495 e. The smallest absolute Gasteiger partial charge is 0.308 e. The summed E-state index contributed by atoms with van der Waals surface area (Å²) in [5.74, 6) is -1.51. The van der Waals surface area contributed by atoms with Crippen LogP contribution < -0.4 is 4.74 Å². The monoisotopic (exact) mass is 333 g/mol. The molecule has 6 nitrogen and oxygen atoms in total. The van der Waals surface area contributed by atoms with Crippen LogP contribution in [0.3, 0.4) is 0 Å². The summed E-state index contributed by atoms with van der Waals surface area (Å²) >= 11 is 5.95. The van der Waals surface area contributed by atoms with Gasteiger partial charge >= 0.3 is 5.97 Å². The summed E-state index contributed by atoms with van der Waals surface area (Å²) in [6.07, 6.45) is 0. The van der Waals surface area contributed by atoms with Crippen LogP contribution in [0, 0.1) is 11.8 Å². The maximum Gasteiger partial charge on any atom is 0.308 e. The summed E-state index contributed by atoms with van der Waals surface area (Å²) in [6, 6.07) is 4.19. The van der Waals surface area contributed by atoms with E-state index in [9.17, 15) is 13.2 Å². The van der Waals surface area contributed by atoms with Crippen LogP contribution in [0.15, 0.2) is 23.1 Å². The number of sulfonamides is 1. The van der Waals surface area contributed by atoms with Gasteiger partial charge in [0.1, 0.15) is 5.75 Å². The van der Waals surface area contributed by atoms with E-state index in [-0.39, 0.29) is 28.9 Å². The molecule has 0 radical (unpaired) electrons. The minimum atomic E-state index is -3.76. The van der Waals surface area contributed by atoms with Crippen LogP contribution in [-0.4, -0.2) is 44.0 Å². The molecule has 0 bridgehead atoms. The molecular weight excluding hydrogens is 318 g/mol. The lowest BCUT2D eigenvalue weighted by Gasteiger charge is -2.16. The topological polar surface area (TPSA) is 83.9 Å². The first-order chi connectivity index (χ1) is 9.77. The molecule has 2 atom stereocenters. The van der Waals surface area contributed by atoms with E-state index >= 15 is 0 Å². The third kappa shape index (κ3) is 3.00. The second kappa shape index (κ2) is 5.82. The van der Waals surface area contributed by atoms with Crippen molar-refractivity contribution in [2.24, 2.45) is 11.8 Å². The zero-order valence-corrected chi connectivity index (χ0v) is 13.2. The van der Waals surface area contributed by atoms with Gasteiger partial charge in [0, 0.05) is 13.1 Å². The number of aliphatic carboxylic acids is 1. The van der Waals surface area contributed by atoms with Crippen molar-refractivity contribution in [2.75, 3.05) is 20.2 Å². The van der Waals surface area contributed by atoms with Crippen LogP contribution in [0.5, 0.6) is 5.75 Å². The molecule has 0 spiro atoms. The lowest BCUT2D eigenvalue weighted by Crippen LogP contribution is -2.30. The second-order valence-corrected chi connectivity index (χ2v) is 7.39. The number of rotatable bonds is 4. The van der Waals surface area contributed by atoms with Gasteiger partial charge in [0.25, 0.3) is 0 Å². The van der Waals surface area contributed by atoms with E-state index in [1.54, 1.807) is 6.92 Å². The molecule has 116 valence electrons. The quantitative estimate of drug-likeness (QED) is 0.906. The molecule has 2 rings (SSSR count). The maximum atomic E-state index is 12.5. The second-order valence-electron chi connectivity index (χ2n) is 5.04. The molecule has 0 saturated carbocycles. The highest BCUT2D eigenvalue weighted by atomic mass is 35.5. The van der Waals surface area contributed by atoms with Crippen LogP contribution in [0.1, 0.15) is 6.92 Å². The molecule has 0 amide bonds. The van der Waals surface area contributed by atoms with Crippen LogP contribution in [0.2, 0.25) is 5.02 Å². The number of carbonyl (C=O) groups is 1. The van der Waals surface area contributed by atoms with E-state index in [0.717, 1.165) is 0 Å². The van der Waals surface area contributed by atoms with Gasteiger partial charge in [0.05, 0.1) is 22.9 Å². The fourth-order valence-electron chi connectivity index (χ4n) is 2.40. The maximum absolute atomic E-state index is 12.5. The number of hydrogen-bond donors (Lipinski definition) is 1. The molecular formula is C13H16ClNO5S. The Morgan fingerprint density at radius 1 is 1.43 bits per heavy atom. The average molecular weight is 334 g/mol. The predicted molar refractivity (Wildman–Crippen MR) is 77.1 cm³/mol. The van der Waals surface area contributed by atoms with E-state index < -0.39 is 21.9 Å². The molecule has 1 aromatic carbocycles. The Hall–Kier alpha value is -1.31. The van der Waals surface area contributed by atoms with Crippen molar-refractivity contribution < 1.29 is 23.1 Å². The minimum Gasteiger partial charge on any atom is -0.495 e. The van der Waals surface area contributed by atoms with Crippen molar-refractivity contribution in [2.45, 2.75) is 11.8 Å². The van der Waals surface area contributed by atoms with Gasteiger partial charge in [-0.25, -0.2) is 8.42 Å². The number of ether oxygens (including phenoxy) is 1. The van der Waals surface area contributed by atoms with E-state index in [1.807, 2.05) is 0 Å². The first-order valence-electron chi connectivity index (χ1n) is 6.34. The van der Waals surface area contributed by atoms with Crippen LogP contribution in [-0.2, 0) is 14.8 Å². The summed E-state index contributed by atoms with van der Waals surface area (Å²) in [5, 5.41) is 9.29. The minimum absolute atomic E-state index is 0.0253. The Morgan fingerprint density at radius 3 is 2.57 bits per heavy atom. The Kier molecular flexibility index (Phi) is 4.46. The highest BCUT2D eigenvalue weighted by molar-refractivity contribution is 7.89. The summed E-state index contributed by atoms with van der Waals surface area (Å²) in [6.45, 7) is 1.89. The standard InChI is InChI=1S/C13H16ClNO5S/c1-8-6-15(7-10(8)13(16)17)21(18,19)9-3-4-12(20-2)11(14)5-9/h3-5,8,10H,6-7H2,1-2H3,(H,16,17). The number of halogens is 1. The molecule has 0 aromatic heterocycles. The normalized spacial score (nSPS) is 23.2. The van der Waals surface area contributed by atoms with Gasteiger partial charge in [-0.1, -0.05) is 18.5 Å². The van der Waals surface area contributed by atoms with Crippen molar-refractivity contribution in [3.05, 3.63) is 23.2 Å². The van der Waals surface area contributed by atoms with E-state index in [1.165, 1.54) is 29.6 Å².